The molecule has 0 spiro atoms. The van der Waals surface area contributed by atoms with Crippen LogP contribution in [0.2, 0.25) is 0 Å². The van der Waals surface area contributed by atoms with Crippen molar-refractivity contribution < 1.29 is 9.18 Å². The van der Waals surface area contributed by atoms with Crippen LogP contribution in [0.5, 0.6) is 0 Å². The van der Waals surface area contributed by atoms with Crippen LogP contribution in [-0.2, 0) is 0 Å². The smallest absolute Gasteiger partial charge is 0.276 e. The molecule has 3 aromatic rings. The Bertz CT molecular complexity index is 822. The summed E-state index contributed by atoms with van der Waals surface area (Å²) < 4.78 is 14.9. The Hall–Kier alpha value is -2.39. The van der Waals surface area contributed by atoms with Crippen LogP contribution in [0.25, 0.3) is 5.69 Å². The number of halogens is 1. The van der Waals surface area contributed by atoms with Gasteiger partial charge in [0.1, 0.15) is 17.0 Å². The molecule has 1 amide bonds. The molecule has 0 saturated carbocycles. The second-order valence-electron chi connectivity index (χ2n) is 3.99. The Labute approximate surface area is 127 Å². The molecule has 6 nitrogen and oxygen atoms in total. The van der Waals surface area contributed by atoms with Gasteiger partial charge in [-0.15, -0.1) is 10.2 Å². The predicted molar refractivity (Wildman–Crippen MR) is 78.8 cm³/mol. The quantitative estimate of drug-likeness (QED) is 0.727. The molecule has 106 valence electrons. The first-order chi connectivity index (χ1) is 10.1. The molecule has 2 N–H and O–H groups in total. The number of aromatic nitrogens is 4. The van der Waals surface area contributed by atoms with E-state index in [0.717, 1.165) is 0 Å². The molecule has 0 bridgehead atoms. The van der Waals surface area contributed by atoms with Gasteiger partial charge in [-0.05, 0) is 36.5 Å². The van der Waals surface area contributed by atoms with Crippen LogP contribution in [0.4, 0.5) is 9.52 Å². The third kappa shape index (κ3) is 2.73. The Morgan fingerprint density at radius 1 is 1.38 bits per heavy atom. The highest BCUT2D eigenvalue weighted by Gasteiger charge is 2.15. The molecule has 0 unspecified atom stereocenters. The molecule has 0 aliphatic carbocycles. The minimum absolute atomic E-state index is 0.293. The van der Waals surface area contributed by atoms with Crippen molar-refractivity contribution in [1.29, 1.82) is 0 Å². The molecule has 21 heavy (non-hydrogen) atoms. The Morgan fingerprint density at radius 3 is 2.81 bits per heavy atom. The number of aromatic amines is 1. The number of hydrogen-bond acceptors (Lipinski definition) is 5. The van der Waals surface area contributed by atoms with Crippen LogP contribution in [0.3, 0.4) is 0 Å². The van der Waals surface area contributed by atoms with Gasteiger partial charge in [-0.1, -0.05) is 11.3 Å². The van der Waals surface area contributed by atoms with Crippen molar-refractivity contribution in [3.8, 4) is 5.69 Å². The van der Waals surface area contributed by atoms with Crippen molar-refractivity contribution in [2.45, 2.75) is 0 Å². The van der Waals surface area contributed by atoms with Crippen LogP contribution in [0.1, 0.15) is 10.5 Å². The number of imidazole rings is 1. The van der Waals surface area contributed by atoms with Crippen LogP contribution in [0.15, 0.2) is 36.0 Å². The molecule has 0 fully saturated rings. The second kappa shape index (κ2) is 5.54. The molecule has 0 aliphatic rings. The summed E-state index contributed by atoms with van der Waals surface area (Å²) >= 11 is 6.37. The molecule has 1 aromatic carbocycles. The van der Waals surface area contributed by atoms with Crippen molar-refractivity contribution in [2.24, 2.45) is 0 Å². The van der Waals surface area contributed by atoms with Crippen LogP contribution < -0.4 is 5.32 Å². The van der Waals surface area contributed by atoms with Gasteiger partial charge in [-0.3, -0.25) is 14.7 Å². The summed E-state index contributed by atoms with van der Waals surface area (Å²) in [6.45, 7) is 0. The maximum Gasteiger partial charge on any atom is 0.276 e. The summed E-state index contributed by atoms with van der Waals surface area (Å²) in [5, 5.41) is 10.4. The highest BCUT2D eigenvalue weighted by molar-refractivity contribution is 7.71. The SMILES string of the molecule is O=C(Nc1nncs1)c1c[nH]c(=S)n1-c1ccc(F)cc1. The number of anilines is 1. The lowest BCUT2D eigenvalue weighted by molar-refractivity contribution is 0.102. The van der Waals surface area contributed by atoms with E-state index in [1.54, 1.807) is 12.1 Å². The van der Waals surface area contributed by atoms with Gasteiger partial charge in [-0.2, -0.15) is 0 Å². The van der Waals surface area contributed by atoms with E-state index in [1.807, 2.05) is 0 Å². The van der Waals surface area contributed by atoms with Crippen LogP contribution in [-0.4, -0.2) is 25.7 Å². The molecule has 0 saturated heterocycles. The van der Waals surface area contributed by atoms with Gasteiger partial charge < -0.3 is 4.98 Å². The lowest BCUT2D eigenvalue weighted by Gasteiger charge is -2.07. The van der Waals surface area contributed by atoms with Gasteiger partial charge in [0.15, 0.2) is 4.77 Å². The van der Waals surface area contributed by atoms with Gasteiger partial charge in [0.05, 0.1) is 0 Å². The van der Waals surface area contributed by atoms with Crippen LogP contribution in [0, 0.1) is 10.6 Å². The summed E-state index contributed by atoms with van der Waals surface area (Å²) in [6, 6.07) is 5.69. The van der Waals surface area contributed by atoms with E-state index in [4.69, 9.17) is 12.2 Å². The molecular formula is C12H8FN5OS2. The summed E-state index contributed by atoms with van der Waals surface area (Å²) in [5.41, 5.74) is 2.39. The number of rotatable bonds is 3. The summed E-state index contributed by atoms with van der Waals surface area (Å²) in [4.78, 5) is 15.1. The number of benzene rings is 1. The normalized spacial score (nSPS) is 10.5. The first-order valence-electron chi connectivity index (χ1n) is 5.79. The van der Waals surface area contributed by atoms with Gasteiger partial charge in [0.2, 0.25) is 5.13 Å². The Kier molecular flexibility index (Phi) is 3.59. The zero-order valence-electron chi connectivity index (χ0n) is 10.4. The minimum Gasteiger partial charge on any atom is -0.336 e. The average molecular weight is 321 g/mol. The van der Waals surface area contributed by atoms with Crippen molar-refractivity contribution in [3.05, 3.63) is 52.3 Å². The lowest BCUT2D eigenvalue weighted by Crippen LogP contribution is -2.16. The lowest BCUT2D eigenvalue weighted by atomic mass is 10.3. The molecule has 2 aromatic heterocycles. The second-order valence-corrected chi connectivity index (χ2v) is 5.21. The van der Waals surface area contributed by atoms with E-state index in [2.05, 4.69) is 20.5 Å². The number of hydrogen-bond donors (Lipinski definition) is 2. The van der Waals surface area contributed by atoms with Gasteiger partial charge in [0, 0.05) is 11.9 Å². The summed E-state index contributed by atoms with van der Waals surface area (Å²) in [6.07, 6.45) is 1.49. The fourth-order valence-corrected chi connectivity index (χ4v) is 2.47. The average Bonchev–Trinajstić information content (AvgIpc) is 3.09. The van der Waals surface area contributed by atoms with Gasteiger partial charge >= 0.3 is 0 Å². The van der Waals surface area contributed by atoms with E-state index < -0.39 is 0 Å². The van der Waals surface area contributed by atoms with Gasteiger partial charge in [-0.25, -0.2) is 4.39 Å². The molecule has 0 radical (unpaired) electrons. The summed E-state index contributed by atoms with van der Waals surface area (Å²) in [5.74, 6) is -0.746. The summed E-state index contributed by atoms with van der Waals surface area (Å²) in [7, 11) is 0. The molecule has 2 heterocycles. The number of nitrogens with zero attached hydrogens (tertiary/aromatic N) is 3. The van der Waals surface area contributed by atoms with Crippen molar-refractivity contribution in [1.82, 2.24) is 19.7 Å². The Balaban J connectivity index is 1.99. The van der Waals surface area contributed by atoms with Crippen molar-refractivity contribution in [2.75, 3.05) is 5.32 Å². The third-order valence-electron chi connectivity index (χ3n) is 2.67. The Morgan fingerprint density at radius 2 is 2.14 bits per heavy atom. The molecule has 3 rings (SSSR count). The maximum absolute atomic E-state index is 13.0. The molecule has 0 atom stereocenters. The van der Waals surface area contributed by atoms with Crippen LogP contribution >= 0.6 is 23.6 Å². The number of nitrogens with one attached hydrogen (secondary N) is 2. The van der Waals surface area contributed by atoms with Crippen molar-refractivity contribution >= 4 is 34.6 Å². The molecule has 9 heteroatoms. The number of H-pyrrole nitrogens is 1. The zero-order chi connectivity index (χ0) is 14.8. The van der Waals surface area contributed by atoms with Crippen molar-refractivity contribution in [3.63, 3.8) is 0 Å². The fraction of sp³-hybridized carbons (Fsp3) is 0. The fourth-order valence-electron chi connectivity index (χ4n) is 1.77. The maximum atomic E-state index is 13.0. The minimum atomic E-state index is -0.386. The topological polar surface area (TPSA) is 75.6 Å². The third-order valence-corrected chi connectivity index (χ3v) is 3.58. The molecule has 0 aliphatic heterocycles. The van der Waals surface area contributed by atoms with E-state index in [0.29, 0.717) is 21.3 Å². The first kappa shape index (κ1) is 13.6. The zero-order valence-corrected chi connectivity index (χ0v) is 12.0. The van der Waals surface area contributed by atoms with Gasteiger partial charge in [0.25, 0.3) is 5.91 Å². The predicted octanol–water partition coefficient (Wildman–Crippen LogP) is 2.78. The first-order valence-corrected chi connectivity index (χ1v) is 7.08. The van der Waals surface area contributed by atoms with E-state index in [1.165, 1.54) is 39.7 Å². The highest BCUT2D eigenvalue weighted by atomic mass is 32.1. The number of amides is 1. The van der Waals surface area contributed by atoms with E-state index >= 15 is 0 Å². The standard InChI is InChI=1S/C12H8FN5OS2/c13-7-1-3-8(4-2-7)18-9(5-14-12(18)20)10(19)16-11-17-15-6-21-11/h1-6H,(H,14,20)(H,16,17,19). The number of carbonyl (C=O) groups excluding carboxylic acids is 1. The number of carbonyl (C=O) groups is 1. The molecular weight excluding hydrogens is 313 g/mol. The van der Waals surface area contributed by atoms with E-state index in [-0.39, 0.29) is 11.7 Å². The largest absolute Gasteiger partial charge is 0.336 e. The van der Waals surface area contributed by atoms with E-state index in [9.17, 15) is 9.18 Å². The highest BCUT2D eigenvalue weighted by Crippen LogP contribution is 2.16. The monoisotopic (exact) mass is 321 g/mol.